The number of aliphatic hydroxyl groups excluding tert-OH is 1. The van der Waals surface area contributed by atoms with Crippen LogP contribution in [0, 0.1) is 13.8 Å². The van der Waals surface area contributed by atoms with E-state index >= 15 is 0 Å². The van der Waals surface area contributed by atoms with Gasteiger partial charge in [-0.25, -0.2) is 9.67 Å². The van der Waals surface area contributed by atoms with Crippen molar-refractivity contribution in [1.82, 2.24) is 14.8 Å². The van der Waals surface area contributed by atoms with Gasteiger partial charge >= 0.3 is 0 Å². The maximum atomic E-state index is 9.69. The number of rotatable bonds is 6. The fourth-order valence-corrected chi connectivity index (χ4v) is 1.90. The van der Waals surface area contributed by atoms with Gasteiger partial charge in [-0.3, -0.25) is 0 Å². The quantitative estimate of drug-likeness (QED) is 0.878. The molecule has 0 radical (unpaired) electrons. The van der Waals surface area contributed by atoms with Gasteiger partial charge in [-0.2, -0.15) is 5.10 Å². The Bertz CT molecular complexity index is 566. The minimum atomic E-state index is -0.406. The fraction of sp³-hybridized carbons (Fsp3) is 0.467. The van der Waals surface area contributed by atoms with Gasteiger partial charge in [-0.05, 0) is 37.5 Å². The van der Waals surface area contributed by atoms with Gasteiger partial charge in [0.15, 0.2) is 5.82 Å². The zero-order valence-electron chi connectivity index (χ0n) is 12.2. The lowest BCUT2D eigenvalue weighted by atomic mass is 10.1. The van der Waals surface area contributed by atoms with Gasteiger partial charge in [-0.1, -0.05) is 19.1 Å². The second-order valence-corrected chi connectivity index (χ2v) is 4.91. The van der Waals surface area contributed by atoms with Crippen LogP contribution in [-0.2, 0) is 13.2 Å². The molecule has 0 unspecified atom stereocenters. The monoisotopic (exact) mass is 275 g/mol. The van der Waals surface area contributed by atoms with E-state index in [1.54, 1.807) is 4.68 Å². The highest BCUT2D eigenvalue weighted by molar-refractivity contribution is 5.38. The Morgan fingerprint density at radius 3 is 2.90 bits per heavy atom. The molecule has 1 heterocycles. The first-order chi connectivity index (χ1) is 9.61. The van der Waals surface area contributed by atoms with Gasteiger partial charge in [0.25, 0.3) is 0 Å². The molecule has 108 valence electrons. The summed E-state index contributed by atoms with van der Waals surface area (Å²) in [7, 11) is 0. The molecule has 0 aliphatic carbocycles. The third-order valence-corrected chi connectivity index (χ3v) is 3.46. The zero-order chi connectivity index (χ0) is 14.5. The Morgan fingerprint density at radius 1 is 1.35 bits per heavy atom. The molecular weight excluding hydrogens is 254 g/mol. The van der Waals surface area contributed by atoms with Crippen LogP contribution in [0.1, 0.15) is 30.3 Å². The maximum absolute atomic E-state index is 9.69. The molecular formula is C15H21N3O2. The Balaban J connectivity index is 2.04. The van der Waals surface area contributed by atoms with Crippen LogP contribution >= 0.6 is 0 Å². The molecule has 1 aromatic heterocycles. The minimum Gasteiger partial charge on any atom is -0.485 e. The smallest absolute Gasteiger partial charge is 0.164 e. The van der Waals surface area contributed by atoms with E-state index in [0.29, 0.717) is 19.6 Å². The lowest BCUT2D eigenvalue weighted by molar-refractivity contribution is 0.141. The van der Waals surface area contributed by atoms with Crippen molar-refractivity contribution < 1.29 is 9.84 Å². The molecule has 5 heteroatoms. The highest BCUT2D eigenvalue weighted by atomic mass is 16.5. The van der Waals surface area contributed by atoms with E-state index in [2.05, 4.69) is 23.1 Å². The molecule has 1 N–H and O–H groups in total. The van der Waals surface area contributed by atoms with Crippen molar-refractivity contribution >= 4 is 0 Å². The summed E-state index contributed by atoms with van der Waals surface area (Å²) in [5, 5.41) is 13.8. The van der Waals surface area contributed by atoms with E-state index in [9.17, 15) is 5.11 Å². The Labute approximate surface area is 119 Å². The summed E-state index contributed by atoms with van der Waals surface area (Å²) >= 11 is 0. The number of aromatic nitrogens is 3. The molecule has 0 saturated heterocycles. The molecule has 1 atom stereocenters. The van der Waals surface area contributed by atoms with Crippen LogP contribution in [0.3, 0.4) is 0 Å². The summed E-state index contributed by atoms with van der Waals surface area (Å²) in [5.41, 5.74) is 2.33. The Hall–Kier alpha value is -1.88. The predicted molar refractivity (Wildman–Crippen MR) is 76.6 cm³/mol. The van der Waals surface area contributed by atoms with E-state index in [1.165, 1.54) is 11.9 Å². The van der Waals surface area contributed by atoms with Gasteiger partial charge in [0.1, 0.15) is 18.7 Å². The fourth-order valence-electron chi connectivity index (χ4n) is 1.90. The number of ether oxygens (including phenoxy) is 1. The highest BCUT2D eigenvalue weighted by Crippen LogP contribution is 2.21. The molecule has 20 heavy (non-hydrogen) atoms. The summed E-state index contributed by atoms with van der Waals surface area (Å²) in [5.74, 6) is 1.58. The molecule has 0 aliphatic rings. The molecule has 0 aliphatic heterocycles. The SMILES string of the molecule is CC[C@@H](O)Cn1ncnc1COc1cccc(C)c1C. The van der Waals surface area contributed by atoms with Gasteiger partial charge in [0, 0.05) is 0 Å². The van der Waals surface area contributed by atoms with Gasteiger partial charge in [0.2, 0.25) is 0 Å². The average molecular weight is 275 g/mol. The first-order valence-corrected chi connectivity index (χ1v) is 6.85. The van der Waals surface area contributed by atoms with Gasteiger partial charge < -0.3 is 9.84 Å². The lowest BCUT2D eigenvalue weighted by Crippen LogP contribution is -2.19. The second kappa shape index (κ2) is 6.52. The zero-order valence-corrected chi connectivity index (χ0v) is 12.2. The molecule has 0 bridgehead atoms. The standard InChI is InChI=1S/C15H21N3O2/c1-4-13(19)8-18-15(16-10-17-18)9-20-14-7-5-6-11(2)12(14)3/h5-7,10,13,19H,4,8-9H2,1-3H3/t13-/m1/s1. The minimum absolute atomic E-state index is 0.348. The van der Waals surface area contributed by atoms with Crippen molar-refractivity contribution in [1.29, 1.82) is 0 Å². The van der Waals surface area contributed by atoms with E-state index in [4.69, 9.17) is 4.74 Å². The van der Waals surface area contributed by atoms with E-state index in [-0.39, 0.29) is 0 Å². The number of aryl methyl sites for hydroxylation is 1. The molecule has 2 rings (SSSR count). The first kappa shape index (κ1) is 14.5. The summed E-state index contributed by atoms with van der Waals surface area (Å²) in [6, 6.07) is 5.98. The lowest BCUT2D eigenvalue weighted by Gasteiger charge is -2.12. The molecule has 0 amide bonds. The van der Waals surface area contributed by atoms with Crippen molar-refractivity contribution in [3.63, 3.8) is 0 Å². The summed E-state index contributed by atoms with van der Waals surface area (Å²) < 4.78 is 7.51. The van der Waals surface area contributed by atoms with E-state index in [1.807, 2.05) is 26.0 Å². The first-order valence-electron chi connectivity index (χ1n) is 6.85. The van der Waals surface area contributed by atoms with Crippen LogP contribution in [0.25, 0.3) is 0 Å². The van der Waals surface area contributed by atoms with Crippen molar-refractivity contribution in [3.8, 4) is 5.75 Å². The van der Waals surface area contributed by atoms with Crippen LogP contribution in [0.5, 0.6) is 5.75 Å². The Kier molecular flexibility index (Phi) is 4.74. The molecule has 2 aromatic rings. The normalized spacial score (nSPS) is 12.4. The number of aliphatic hydroxyl groups is 1. The number of nitrogens with zero attached hydrogens (tertiary/aromatic N) is 3. The summed E-state index contributed by atoms with van der Waals surface area (Å²) in [4.78, 5) is 4.19. The summed E-state index contributed by atoms with van der Waals surface area (Å²) in [6.07, 6.45) is 1.78. The van der Waals surface area contributed by atoms with Gasteiger partial charge in [0.05, 0.1) is 12.6 Å². The number of hydrogen-bond acceptors (Lipinski definition) is 4. The van der Waals surface area contributed by atoms with Crippen molar-refractivity contribution in [2.75, 3.05) is 0 Å². The van der Waals surface area contributed by atoms with Crippen LogP contribution in [-0.4, -0.2) is 26.0 Å². The molecule has 0 saturated carbocycles. The topological polar surface area (TPSA) is 60.2 Å². The van der Waals surface area contributed by atoms with E-state index < -0.39 is 6.10 Å². The average Bonchev–Trinajstić information content (AvgIpc) is 2.87. The van der Waals surface area contributed by atoms with Crippen LogP contribution in [0.2, 0.25) is 0 Å². The highest BCUT2D eigenvalue weighted by Gasteiger charge is 2.10. The van der Waals surface area contributed by atoms with Crippen LogP contribution in [0.15, 0.2) is 24.5 Å². The molecule has 0 spiro atoms. The summed E-state index contributed by atoms with van der Waals surface area (Å²) in [6.45, 7) is 6.83. The predicted octanol–water partition coefficient (Wildman–Crippen LogP) is 2.24. The van der Waals surface area contributed by atoms with Crippen LogP contribution in [0.4, 0.5) is 0 Å². The second-order valence-electron chi connectivity index (χ2n) is 4.91. The van der Waals surface area contributed by atoms with E-state index in [0.717, 1.165) is 17.1 Å². The molecule has 1 aromatic carbocycles. The van der Waals surface area contributed by atoms with Crippen molar-refractivity contribution in [2.45, 2.75) is 46.4 Å². The van der Waals surface area contributed by atoms with Gasteiger partial charge in [-0.15, -0.1) is 0 Å². The third-order valence-electron chi connectivity index (χ3n) is 3.46. The van der Waals surface area contributed by atoms with Crippen LogP contribution < -0.4 is 4.74 Å². The largest absolute Gasteiger partial charge is 0.485 e. The van der Waals surface area contributed by atoms with Crippen molar-refractivity contribution in [2.24, 2.45) is 0 Å². The number of benzene rings is 1. The molecule has 5 nitrogen and oxygen atoms in total. The third kappa shape index (κ3) is 3.36. The van der Waals surface area contributed by atoms with Crippen molar-refractivity contribution in [3.05, 3.63) is 41.5 Å². The maximum Gasteiger partial charge on any atom is 0.164 e. The Morgan fingerprint density at radius 2 is 2.15 bits per heavy atom. The molecule has 0 fully saturated rings. The number of hydrogen-bond donors (Lipinski definition) is 1.